The first-order valence-corrected chi connectivity index (χ1v) is 9.87. The Morgan fingerprint density at radius 3 is 2.84 bits per heavy atom. The van der Waals surface area contributed by atoms with Crippen LogP contribution in [0.4, 0.5) is 5.13 Å². The average molecular weight is 392 g/mol. The summed E-state index contributed by atoms with van der Waals surface area (Å²) in [7, 11) is 0. The fourth-order valence-corrected chi connectivity index (χ4v) is 4.04. The van der Waals surface area contributed by atoms with Crippen molar-refractivity contribution >= 4 is 45.6 Å². The SMILES string of the molecule is Cc1sc(N/N=C\c2ccc(OC(C)C)c(Cl)c2)nc1-c1cccs1. The Bertz CT molecular complexity index is 873. The maximum atomic E-state index is 6.23. The van der Waals surface area contributed by atoms with E-state index < -0.39 is 0 Å². The van der Waals surface area contributed by atoms with Gasteiger partial charge in [0.15, 0.2) is 0 Å². The van der Waals surface area contributed by atoms with Crippen molar-refractivity contribution in [1.29, 1.82) is 0 Å². The number of aromatic nitrogens is 1. The molecule has 7 heteroatoms. The minimum atomic E-state index is 0.0874. The first kappa shape index (κ1) is 17.9. The number of aryl methyl sites for hydroxylation is 1. The maximum Gasteiger partial charge on any atom is 0.204 e. The molecule has 0 aliphatic heterocycles. The Labute approximate surface area is 160 Å². The third kappa shape index (κ3) is 4.60. The molecule has 0 spiro atoms. The molecule has 0 saturated carbocycles. The largest absolute Gasteiger partial charge is 0.489 e. The lowest BCUT2D eigenvalue weighted by Gasteiger charge is -2.11. The van der Waals surface area contributed by atoms with Gasteiger partial charge in [0.1, 0.15) is 5.75 Å². The van der Waals surface area contributed by atoms with E-state index >= 15 is 0 Å². The summed E-state index contributed by atoms with van der Waals surface area (Å²) >= 11 is 9.50. The van der Waals surface area contributed by atoms with Crippen molar-refractivity contribution in [1.82, 2.24) is 4.98 Å². The van der Waals surface area contributed by atoms with E-state index in [0.29, 0.717) is 10.8 Å². The Kier molecular flexibility index (Phi) is 5.73. The topological polar surface area (TPSA) is 46.5 Å². The molecule has 2 aromatic heterocycles. The molecular weight excluding hydrogens is 374 g/mol. The standard InChI is InChI=1S/C18H18ClN3OS2/c1-11(2)23-15-7-6-13(9-14(15)19)10-20-22-18-21-17(12(3)25-18)16-5-4-8-24-16/h4-11H,1-3H3,(H,21,22)/b20-10-. The molecule has 0 radical (unpaired) electrons. The second-order valence-corrected chi connectivity index (χ2v) is 8.19. The average Bonchev–Trinajstić information content (AvgIpc) is 3.19. The van der Waals surface area contributed by atoms with Gasteiger partial charge < -0.3 is 4.74 Å². The van der Waals surface area contributed by atoms with E-state index in [9.17, 15) is 0 Å². The summed E-state index contributed by atoms with van der Waals surface area (Å²) in [6.45, 7) is 6.00. The molecule has 130 valence electrons. The summed E-state index contributed by atoms with van der Waals surface area (Å²) in [5.74, 6) is 0.679. The predicted octanol–water partition coefficient (Wildman–Crippen LogP) is 6.07. The summed E-state index contributed by atoms with van der Waals surface area (Å²) in [6, 6.07) is 9.70. The van der Waals surface area contributed by atoms with Crippen LogP contribution in [0.5, 0.6) is 5.75 Å². The Hall–Kier alpha value is -1.89. The Morgan fingerprint density at radius 2 is 2.16 bits per heavy atom. The third-order valence-corrected chi connectivity index (χ3v) is 5.29. The van der Waals surface area contributed by atoms with Gasteiger partial charge in [-0.05, 0) is 56.0 Å². The fraction of sp³-hybridized carbons (Fsp3) is 0.222. The zero-order valence-electron chi connectivity index (χ0n) is 14.1. The van der Waals surface area contributed by atoms with Crippen LogP contribution in [0.25, 0.3) is 10.6 Å². The van der Waals surface area contributed by atoms with Crippen LogP contribution in [0, 0.1) is 6.92 Å². The number of ether oxygens (including phenoxy) is 1. The van der Waals surface area contributed by atoms with Gasteiger partial charge in [0.2, 0.25) is 5.13 Å². The predicted molar refractivity (Wildman–Crippen MR) is 109 cm³/mol. The van der Waals surface area contributed by atoms with E-state index in [4.69, 9.17) is 16.3 Å². The monoisotopic (exact) mass is 391 g/mol. The molecule has 0 aliphatic rings. The normalized spacial score (nSPS) is 11.4. The van der Waals surface area contributed by atoms with E-state index in [-0.39, 0.29) is 6.10 Å². The zero-order valence-corrected chi connectivity index (χ0v) is 16.5. The second-order valence-electron chi connectivity index (χ2n) is 5.63. The fourth-order valence-electron chi connectivity index (χ4n) is 2.20. The number of halogens is 1. The first-order valence-electron chi connectivity index (χ1n) is 7.79. The van der Waals surface area contributed by atoms with E-state index in [0.717, 1.165) is 16.4 Å². The van der Waals surface area contributed by atoms with Crippen molar-refractivity contribution in [3.8, 4) is 16.3 Å². The molecule has 3 aromatic rings. The maximum absolute atomic E-state index is 6.23. The molecule has 3 rings (SSSR count). The van der Waals surface area contributed by atoms with Gasteiger partial charge in [0, 0.05) is 4.88 Å². The highest BCUT2D eigenvalue weighted by atomic mass is 35.5. The van der Waals surface area contributed by atoms with Gasteiger partial charge in [0.05, 0.1) is 27.9 Å². The number of anilines is 1. The lowest BCUT2D eigenvalue weighted by Crippen LogP contribution is -2.05. The minimum absolute atomic E-state index is 0.0874. The molecule has 4 nitrogen and oxygen atoms in total. The summed E-state index contributed by atoms with van der Waals surface area (Å²) in [5.41, 5.74) is 4.89. The van der Waals surface area contributed by atoms with Gasteiger partial charge >= 0.3 is 0 Å². The molecule has 0 aliphatic carbocycles. The number of thiophene rings is 1. The van der Waals surface area contributed by atoms with Gasteiger partial charge in [-0.3, -0.25) is 5.43 Å². The molecule has 0 fully saturated rings. The molecule has 0 unspecified atom stereocenters. The van der Waals surface area contributed by atoms with Crippen molar-refractivity contribution < 1.29 is 4.74 Å². The van der Waals surface area contributed by atoms with Crippen LogP contribution in [-0.2, 0) is 0 Å². The van der Waals surface area contributed by atoms with Gasteiger partial charge in [-0.25, -0.2) is 4.98 Å². The molecular formula is C18H18ClN3OS2. The minimum Gasteiger partial charge on any atom is -0.489 e. The van der Waals surface area contributed by atoms with Crippen LogP contribution < -0.4 is 10.2 Å². The highest BCUT2D eigenvalue weighted by Crippen LogP contribution is 2.33. The van der Waals surface area contributed by atoms with Crippen LogP contribution in [-0.4, -0.2) is 17.3 Å². The molecule has 25 heavy (non-hydrogen) atoms. The number of benzene rings is 1. The summed E-state index contributed by atoms with van der Waals surface area (Å²) < 4.78 is 5.63. The molecule has 1 N–H and O–H groups in total. The van der Waals surface area contributed by atoms with Crippen LogP contribution in [0.15, 0.2) is 40.8 Å². The third-order valence-electron chi connectivity index (χ3n) is 3.24. The van der Waals surface area contributed by atoms with Gasteiger partial charge in [0.25, 0.3) is 0 Å². The van der Waals surface area contributed by atoms with Crippen molar-refractivity contribution in [2.24, 2.45) is 5.10 Å². The lowest BCUT2D eigenvalue weighted by atomic mass is 10.2. The summed E-state index contributed by atoms with van der Waals surface area (Å²) in [4.78, 5) is 6.94. The van der Waals surface area contributed by atoms with Gasteiger partial charge in [-0.15, -0.1) is 22.7 Å². The number of thiazole rings is 1. The van der Waals surface area contributed by atoms with Crippen LogP contribution in [0.1, 0.15) is 24.3 Å². The van der Waals surface area contributed by atoms with Crippen LogP contribution in [0.3, 0.4) is 0 Å². The number of rotatable bonds is 6. The molecule has 0 saturated heterocycles. The molecule has 1 aromatic carbocycles. The lowest BCUT2D eigenvalue weighted by molar-refractivity contribution is 0.242. The molecule has 0 bridgehead atoms. The van der Waals surface area contributed by atoms with Crippen LogP contribution in [0.2, 0.25) is 5.02 Å². The quantitative estimate of drug-likeness (QED) is 0.410. The zero-order chi connectivity index (χ0) is 17.8. The van der Waals surface area contributed by atoms with Crippen molar-refractivity contribution in [3.63, 3.8) is 0 Å². The van der Waals surface area contributed by atoms with Crippen molar-refractivity contribution in [2.75, 3.05) is 5.43 Å². The van der Waals surface area contributed by atoms with Crippen molar-refractivity contribution in [2.45, 2.75) is 26.9 Å². The van der Waals surface area contributed by atoms with E-state index in [2.05, 4.69) is 33.9 Å². The molecule has 0 amide bonds. The smallest absolute Gasteiger partial charge is 0.204 e. The number of nitrogens with zero attached hydrogens (tertiary/aromatic N) is 2. The highest BCUT2D eigenvalue weighted by Gasteiger charge is 2.10. The van der Waals surface area contributed by atoms with E-state index in [1.165, 1.54) is 9.75 Å². The number of hydrogen-bond donors (Lipinski definition) is 1. The second kappa shape index (κ2) is 7.99. The number of nitrogens with one attached hydrogen (secondary N) is 1. The Morgan fingerprint density at radius 1 is 1.32 bits per heavy atom. The molecule has 2 heterocycles. The highest BCUT2D eigenvalue weighted by molar-refractivity contribution is 7.17. The number of hydrazone groups is 1. The van der Waals surface area contributed by atoms with Crippen molar-refractivity contribution in [3.05, 3.63) is 51.2 Å². The first-order chi connectivity index (χ1) is 12.0. The van der Waals surface area contributed by atoms with E-state index in [1.807, 2.05) is 38.1 Å². The van der Waals surface area contributed by atoms with Gasteiger partial charge in [-0.1, -0.05) is 17.7 Å². The van der Waals surface area contributed by atoms with Crippen LogP contribution >= 0.6 is 34.3 Å². The van der Waals surface area contributed by atoms with E-state index in [1.54, 1.807) is 28.9 Å². The Balaban J connectivity index is 1.67. The molecule has 0 atom stereocenters. The summed E-state index contributed by atoms with van der Waals surface area (Å²) in [5, 5.41) is 7.65. The van der Waals surface area contributed by atoms with Gasteiger partial charge in [-0.2, -0.15) is 5.10 Å². The number of hydrogen-bond acceptors (Lipinski definition) is 6. The summed E-state index contributed by atoms with van der Waals surface area (Å²) in [6.07, 6.45) is 1.80.